The minimum atomic E-state index is -0.347. The van der Waals surface area contributed by atoms with Crippen LogP contribution >= 0.6 is 0 Å². The third kappa shape index (κ3) is 3.81. The molecule has 0 spiro atoms. The van der Waals surface area contributed by atoms with E-state index in [1.165, 1.54) is 6.07 Å². The maximum Gasteiger partial charge on any atom is 0.256 e. The van der Waals surface area contributed by atoms with Gasteiger partial charge < -0.3 is 9.88 Å². The molecule has 0 unspecified atom stereocenters. The molecule has 0 aliphatic carbocycles. The fourth-order valence-corrected chi connectivity index (χ4v) is 2.28. The van der Waals surface area contributed by atoms with Crippen molar-refractivity contribution >= 4 is 5.91 Å². The van der Waals surface area contributed by atoms with Gasteiger partial charge in [0.2, 0.25) is 0 Å². The summed E-state index contributed by atoms with van der Waals surface area (Å²) in [7, 11) is 1.81. The molecule has 2 rings (SSSR count). The highest BCUT2D eigenvalue weighted by atomic mass is 16.2. The maximum atomic E-state index is 12.3. The number of nitrogens with one attached hydrogen (secondary N) is 1. The summed E-state index contributed by atoms with van der Waals surface area (Å²) in [6.07, 6.45) is 2.20. The first-order valence-corrected chi connectivity index (χ1v) is 7.27. The maximum absolute atomic E-state index is 12.3. The van der Waals surface area contributed by atoms with E-state index in [0.29, 0.717) is 6.42 Å². The second-order valence-electron chi connectivity index (χ2n) is 5.65. The molecule has 0 saturated heterocycles. The molecule has 0 aliphatic heterocycles. The molecule has 1 amide bonds. The number of pyridine rings is 2. The molecule has 1 N–H and O–H groups in total. The summed E-state index contributed by atoms with van der Waals surface area (Å²) in [5, 5.41) is 2.86. The van der Waals surface area contributed by atoms with Gasteiger partial charge in [-0.3, -0.25) is 14.6 Å². The zero-order chi connectivity index (χ0) is 16.3. The van der Waals surface area contributed by atoms with Crippen LogP contribution in [0.25, 0.3) is 0 Å². The van der Waals surface area contributed by atoms with Crippen LogP contribution in [0.2, 0.25) is 0 Å². The van der Waals surface area contributed by atoms with Crippen molar-refractivity contribution in [3.8, 4) is 0 Å². The van der Waals surface area contributed by atoms with Crippen LogP contribution in [-0.4, -0.2) is 21.5 Å². The van der Waals surface area contributed by atoms with Crippen molar-refractivity contribution in [2.45, 2.75) is 33.2 Å². The van der Waals surface area contributed by atoms with Crippen molar-refractivity contribution in [1.29, 1.82) is 0 Å². The van der Waals surface area contributed by atoms with Gasteiger partial charge in [0.25, 0.3) is 5.91 Å². The van der Waals surface area contributed by atoms with Crippen LogP contribution in [0, 0.1) is 13.8 Å². The van der Waals surface area contributed by atoms with Crippen LogP contribution in [0.15, 0.2) is 35.3 Å². The fraction of sp³-hybridized carbons (Fsp3) is 0.353. The van der Waals surface area contributed by atoms with Crippen molar-refractivity contribution < 1.29 is 4.79 Å². The highest BCUT2D eigenvalue weighted by Crippen LogP contribution is 2.03. The van der Waals surface area contributed by atoms with Crippen LogP contribution < -0.4 is 10.7 Å². The van der Waals surface area contributed by atoms with Gasteiger partial charge in [-0.05, 0) is 32.9 Å². The molecule has 2 aromatic heterocycles. The number of carbonyl (C=O) groups is 1. The van der Waals surface area contributed by atoms with E-state index < -0.39 is 0 Å². The van der Waals surface area contributed by atoms with Gasteiger partial charge in [-0.25, -0.2) is 0 Å². The van der Waals surface area contributed by atoms with E-state index in [2.05, 4.69) is 10.3 Å². The first kappa shape index (κ1) is 15.9. The molecule has 5 heteroatoms. The molecule has 0 aromatic carbocycles. The summed E-state index contributed by atoms with van der Waals surface area (Å²) >= 11 is 0. The van der Waals surface area contributed by atoms with Gasteiger partial charge in [0.15, 0.2) is 5.43 Å². The first-order chi connectivity index (χ1) is 10.4. The molecule has 0 bridgehead atoms. The van der Waals surface area contributed by atoms with E-state index >= 15 is 0 Å². The van der Waals surface area contributed by atoms with Crippen LogP contribution in [0.4, 0.5) is 0 Å². The Morgan fingerprint density at radius 2 is 2.09 bits per heavy atom. The Labute approximate surface area is 130 Å². The third-order valence-electron chi connectivity index (χ3n) is 3.57. The Hall–Kier alpha value is -2.43. The Balaban J connectivity index is 2.08. The topological polar surface area (TPSA) is 64.0 Å². The van der Waals surface area contributed by atoms with Crippen LogP contribution in [0.5, 0.6) is 0 Å². The molecule has 0 fully saturated rings. The van der Waals surface area contributed by atoms with Crippen LogP contribution in [0.1, 0.15) is 34.4 Å². The minimum Gasteiger partial charge on any atom is -0.354 e. The average Bonchev–Trinajstić information content (AvgIpc) is 2.42. The molecule has 116 valence electrons. The first-order valence-electron chi connectivity index (χ1n) is 7.27. The van der Waals surface area contributed by atoms with Crippen molar-refractivity contribution in [2.75, 3.05) is 0 Å². The monoisotopic (exact) mass is 299 g/mol. The molecule has 0 aliphatic rings. The predicted molar refractivity (Wildman–Crippen MR) is 86.0 cm³/mol. The lowest BCUT2D eigenvalue weighted by Gasteiger charge is -2.14. The Kier molecular flexibility index (Phi) is 4.75. The minimum absolute atomic E-state index is 0.104. The van der Waals surface area contributed by atoms with Crippen molar-refractivity contribution in [2.24, 2.45) is 7.05 Å². The molecular weight excluding hydrogens is 278 g/mol. The van der Waals surface area contributed by atoms with Crippen molar-refractivity contribution in [3.63, 3.8) is 0 Å². The molecule has 22 heavy (non-hydrogen) atoms. The Morgan fingerprint density at radius 3 is 2.77 bits per heavy atom. The molecule has 2 heterocycles. The number of hydrogen-bond acceptors (Lipinski definition) is 3. The van der Waals surface area contributed by atoms with Gasteiger partial charge >= 0.3 is 0 Å². The fourth-order valence-electron chi connectivity index (χ4n) is 2.28. The predicted octanol–water partition coefficient (Wildman–Crippen LogP) is 1.76. The van der Waals surface area contributed by atoms with Crippen LogP contribution in [-0.2, 0) is 13.5 Å². The second-order valence-corrected chi connectivity index (χ2v) is 5.65. The molecule has 0 radical (unpaired) electrons. The molecule has 5 nitrogen and oxygen atoms in total. The largest absolute Gasteiger partial charge is 0.354 e. The number of amides is 1. The summed E-state index contributed by atoms with van der Waals surface area (Å²) in [5.41, 5.74) is 2.60. The van der Waals surface area contributed by atoms with E-state index in [0.717, 1.165) is 17.1 Å². The summed E-state index contributed by atoms with van der Waals surface area (Å²) in [5.74, 6) is -0.347. The lowest BCUT2D eigenvalue weighted by molar-refractivity contribution is 0.0938. The highest BCUT2D eigenvalue weighted by molar-refractivity contribution is 5.94. The SMILES string of the molecule is Cc1cccc(C[C@H](C)NC(=O)c2cn(C)c(C)cc2=O)n1. The zero-order valence-corrected chi connectivity index (χ0v) is 13.4. The van der Waals surface area contributed by atoms with Gasteiger partial charge in [-0.15, -0.1) is 0 Å². The van der Waals surface area contributed by atoms with E-state index in [9.17, 15) is 9.59 Å². The van der Waals surface area contributed by atoms with Gasteiger partial charge in [0.05, 0.1) is 0 Å². The lowest BCUT2D eigenvalue weighted by Crippen LogP contribution is -2.37. The molecule has 2 aromatic rings. The summed E-state index contributed by atoms with van der Waals surface area (Å²) in [6.45, 7) is 5.67. The van der Waals surface area contributed by atoms with Crippen molar-refractivity contribution in [3.05, 3.63) is 63.3 Å². The Morgan fingerprint density at radius 1 is 1.36 bits per heavy atom. The van der Waals surface area contributed by atoms with Gasteiger partial charge in [0.1, 0.15) is 5.56 Å². The molecule has 0 saturated carbocycles. The van der Waals surface area contributed by atoms with Gasteiger partial charge in [0, 0.05) is 48.9 Å². The molecule has 1 atom stereocenters. The number of hydrogen-bond donors (Lipinski definition) is 1. The van der Waals surface area contributed by atoms with Gasteiger partial charge in [-0.2, -0.15) is 0 Å². The number of aryl methyl sites for hydroxylation is 3. The lowest BCUT2D eigenvalue weighted by atomic mass is 10.1. The number of nitrogens with zero attached hydrogens (tertiary/aromatic N) is 2. The van der Waals surface area contributed by atoms with Crippen molar-refractivity contribution in [1.82, 2.24) is 14.9 Å². The summed E-state index contributed by atoms with van der Waals surface area (Å²) in [4.78, 5) is 28.6. The van der Waals surface area contributed by atoms with E-state index in [4.69, 9.17) is 0 Å². The average molecular weight is 299 g/mol. The summed E-state index contributed by atoms with van der Waals surface area (Å²) in [6, 6.07) is 7.18. The van der Waals surface area contributed by atoms with E-state index in [1.807, 2.05) is 46.0 Å². The smallest absolute Gasteiger partial charge is 0.256 e. The Bertz CT molecular complexity index is 750. The quantitative estimate of drug-likeness (QED) is 0.935. The highest BCUT2D eigenvalue weighted by Gasteiger charge is 2.14. The zero-order valence-electron chi connectivity index (χ0n) is 13.4. The second kappa shape index (κ2) is 6.56. The summed E-state index contributed by atoms with van der Waals surface area (Å²) < 4.78 is 1.77. The molecular formula is C17H21N3O2. The third-order valence-corrected chi connectivity index (χ3v) is 3.57. The van der Waals surface area contributed by atoms with E-state index in [-0.39, 0.29) is 22.9 Å². The van der Waals surface area contributed by atoms with Crippen LogP contribution in [0.3, 0.4) is 0 Å². The number of aromatic nitrogens is 2. The van der Waals surface area contributed by atoms with Gasteiger partial charge in [-0.1, -0.05) is 6.07 Å². The normalized spacial score (nSPS) is 12.0. The number of rotatable bonds is 4. The standard InChI is InChI=1S/C17H21N3O2/c1-11-6-5-7-14(18-11)8-12(2)19-17(22)15-10-20(4)13(3)9-16(15)21/h5-7,9-10,12H,8H2,1-4H3,(H,19,22)/t12-/m0/s1. The van der Waals surface area contributed by atoms with E-state index in [1.54, 1.807) is 10.8 Å². The number of carbonyl (C=O) groups excluding carboxylic acids is 1.